The number of hydrogen-bond donors (Lipinski definition) is 1. The molecule has 1 aromatic heterocycles. The first-order chi connectivity index (χ1) is 8.76. The third-order valence-electron chi connectivity index (χ3n) is 2.45. The van der Waals surface area contributed by atoms with Gasteiger partial charge < -0.3 is 10.1 Å². The fourth-order valence-electron chi connectivity index (χ4n) is 1.71. The highest BCUT2D eigenvalue weighted by molar-refractivity contribution is 5.74. The van der Waals surface area contributed by atoms with Crippen molar-refractivity contribution in [1.82, 2.24) is 9.97 Å². The Kier molecular flexibility index (Phi) is 3.72. The van der Waals surface area contributed by atoms with Gasteiger partial charge in [-0.05, 0) is 19.1 Å². The third-order valence-corrected chi connectivity index (χ3v) is 2.45. The molecule has 1 heterocycles. The van der Waals surface area contributed by atoms with E-state index in [4.69, 9.17) is 4.74 Å². The van der Waals surface area contributed by atoms with Crippen LogP contribution in [0.4, 0.5) is 10.1 Å². The van der Waals surface area contributed by atoms with Crippen LogP contribution in [0, 0.1) is 5.82 Å². The van der Waals surface area contributed by atoms with Gasteiger partial charge in [-0.15, -0.1) is 0 Å². The zero-order chi connectivity index (χ0) is 13.0. The zero-order valence-electron chi connectivity index (χ0n) is 10.3. The molecule has 0 radical (unpaired) electrons. The second kappa shape index (κ2) is 5.44. The van der Waals surface area contributed by atoms with Crippen LogP contribution in [0.15, 0.2) is 30.6 Å². The lowest BCUT2D eigenvalue weighted by atomic mass is 10.1. The van der Waals surface area contributed by atoms with Gasteiger partial charge in [0.05, 0.1) is 30.8 Å². The second-order valence-electron chi connectivity index (χ2n) is 3.64. The lowest BCUT2D eigenvalue weighted by molar-refractivity contribution is 0.418. The highest BCUT2D eigenvalue weighted by atomic mass is 19.1. The summed E-state index contributed by atoms with van der Waals surface area (Å²) in [5.41, 5.74) is 1.60. The van der Waals surface area contributed by atoms with Crippen LogP contribution < -0.4 is 10.1 Å². The first-order valence-electron chi connectivity index (χ1n) is 5.65. The Hall–Kier alpha value is -2.17. The van der Waals surface area contributed by atoms with Crippen LogP contribution in [0.25, 0.3) is 11.4 Å². The van der Waals surface area contributed by atoms with Crippen molar-refractivity contribution in [1.29, 1.82) is 0 Å². The van der Waals surface area contributed by atoms with Crippen molar-refractivity contribution in [2.45, 2.75) is 6.92 Å². The van der Waals surface area contributed by atoms with Crippen molar-refractivity contribution in [3.8, 4) is 17.1 Å². The summed E-state index contributed by atoms with van der Waals surface area (Å²) < 4.78 is 18.2. The summed E-state index contributed by atoms with van der Waals surface area (Å²) in [5.74, 6) is 0.638. The number of methoxy groups -OCH3 is 1. The highest BCUT2D eigenvalue weighted by Gasteiger charge is 2.12. The van der Waals surface area contributed by atoms with E-state index in [2.05, 4.69) is 15.3 Å². The fraction of sp³-hybridized carbons (Fsp3) is 0.231. The number of aromatic nitrogens is 2. The third kappa shape index (κ3) is 2.40. The number of benzene rings is 1. The molecule has 0 amide bonds. The lowest BCUT2D eigenvalue weighted by Crippen LogP contribution is -2.01. The average Bonchev–Trinajstić information content (AvgIpc) is 2.40. The van der Waals surface area contributed by atoms with Crippen molar-refractivity contribution >= 4 is 5.69 Å². The number of nitrogens with zero attached hydrogens (tertiary/aromatic N) is 2. The summed E-state index contributed by atoms with van der Waals surface area (Å²) >= 11 is 0. The van der Waals surface area contributed by atoms with E-state index < -0.39 is 5.82 Å². The summed E-state index contributed by atoms with van der Waals surface area (Å²) in [4.78, 5) is 7.93. The van der Waals surface area contributed by atoms with E-state index in [1.54, 1.807) is 7.11 Å². The molecule has 5 heteroatoms. The van der Waals surface area contributed by atoms with Crippen molar-refractivity contribution in [2.24, 2.45) is 0 Å². The van der Waals surface area contributed by atoms with Gasteiger partial charge in [-0.3, -0.25) is 0 Å². The molecule has 0 unspecified atom stereocenters. The molecule has 0 aliphatic rings. The van der Waals surface area contributed by atoms with Crippen LogP contribution in [-0.2, 0) is 0 Å². The molecule has 0 aliphatic carbocycles. The SMILES string of the molecule is CCNc1cccc(-c2ncc(F)cn2)c1OC. The summed E-state index contributed by atoms with van der Waals surface area (Å²) in [6, 6.07) is 5.63. The monoisotopic (exact) mass is 247 g/mol. The van der Waals surface area contributed by atoms with Crippen LogP contribution in [0.5, 0.6) is 5.75 Å². The predicted molar refractivity (Wildman–Crippen MR) is 68.1 cm³/mol. The van der Waals surface area contributed by atoms with Crippen LogP contribution in [0.2, 0.25) is 0 Å². The Morgan fingerprint density at radius 3 is 2.61 bits per heavy atom. The van der Waals surface area contributed by atoms with E-state index in [1.807, 2.05) is 25.1 Å². The van der Waals surface area contributed by atoms with Gasteiger partial charge in [0, 0.05) is 6.54 Å². The number of nitrogens with one attached hydrogen (secondary N) is 1. The Balaban J connectivity index is 2.49. The number of rotatable bonds is 4. The van der Waals surface area contributed by atoms with Crippen LogP contribution in [0.3, 0.4) is 0 Å². The van der Waals surface area contributed by atoms with Gasteiger partial charge >= 0.3 is 0 Å². The number of hydrogen-bond acceptors (Lipinski definition) is 4. The highest BCUT2D eigenvalue weighted by Crippen LogP contribution is 2.34. The molecule has 2 aromatic rings. The number of para-hydroxylation sites is 1. The maximum Gasteiger partial charge on any atom is 0.163 e. The van der Waals surface area contributed by atoms with Crippen molar-refractivity contribution in [3.63, 3.8) is 0 Å². The Morgan fingerprint density at radius 1 is 1.28 bits per heavy atom. The molecule has 94 valence electrons. The number of anilines is 1. The van der Waals surface area contributed by atoms with Crippen molar-refractivity contribution in [2.75, 3.05) is 19.0 Å². The molecule has 18 heavy (non-hydrogen) atoms. The van der Waals surface area contributed by atoms with Gasteiger partial charge in [0.2, 0.25) is 0 Å². The molecular formula is C13H14FN3O. The van der Waals surface area contributed by atoms with Gasteiger partial charge in [-0.1, -0.05) is 6.07 Å². The molecule has 0 bridgehead atoms. The summed E-state index contributed by atoms with van der Waals surface area (Å²) in [5, 5.41) is 3.19. The minimum atomic E-state index is -0.458. The molecule has 0 saturated heterocycles. The molecule has 2 rings (SSSR count). The largest absolute Gasteiger partial charge is 0.494 e. The Morgan fingerprint density at radius 2 is 2.00 bits per heavy atom. The zero-order valence-corrected chi connectivity index (χ0v) is 10.3. The van der Waals surface area contributed by atoms with Gasteiger partial charge in [-0.2, -0.15) is 0 Å². The average molecular weight is 247 g/mol. The molecule has 4 nitrogen and oxygen atoms in total. The van der Waals surface area contributed by atoms with Crippen LogP contribution in [0.1, 0.15) is 6.92 Å². The summed E-state index contributed by atoms with van der Waals surface area (Å²) in [6.07, 6.45) is 2.28. The molecule has 1 aromatic carbocycles. The van der Waals surface area contributed by atoms with E-state index >= 15 is 0 Å². The second-order valence-corrected chi connectivity index (χ2v) is 3.64. The minimum absolute atomic E-state index is 0.438. The maximum absolute atomic E-state index is 12.8. The van der Waals surface area contributed by atoms with E-state index in [-0.39, 0.29) is 0 Å². The van der Waals surface area contributed by atoms with Gasteiger partial charge in [0.15, 0.2) is 17.4 Å². The standard InChI is InChI=1S/C13H14FN3O/c1-3-15-11-6-4-5-10(12(11)18-2)13-16-7-9(14)8-17-13/h4-8,15H,3H2,1-2H3. The lowest BCUT2D eigenvalue weighted by Gasteiger charge is -2.13. The van der Waals surface area contributed by atoms with Crippen LogP contribution >= 0.6 is 0 Å². The van der Waals surface area contributed by atoms with E-state index in [0.29, 0.717) is 11.6 Å². The fourth-order valence-corrected chi connectivity index (χ4v) is 1.71. The molecule has 0 aliphatic heterocycles. The van der Waals surface area contributed by atoms with E-state index in [0.717, 1.165) is 30.2 Å². The Labute approximate surface area is 105 Å². The van der Waals surface area contributed by atoms with Crippen molar-refractivity contribution in [3.05, 3.63) is 36.4 Å². The Bertz CT molecular complexity index is 528. The quantitative estimate of drug-likeness (QED) is 0.902. The topological polar surface area (TPSA) is 47.0 Å². The maximum atomic E-state index is 12.8. The van der Waals surface area contributed by atoms with E-state index in [1.165, 1.54) is 0 Å². The van der Waals surface area contributed by atoms with Crippen LogP contribution in [-0.4, -0.2) is 23.6 Å². The smallest absolute Gasteiger partial charge is 0.163 e. The minimum Gasteiger partial charge on any atom is -0.494 e. The number of halogens is 1. The normalized spacial score (nSPS) is 10.2. The van der Waals surface area contributed by atoms with E-state index in [9.17, 15) is 4.39 Å². The van der Waals surface area contributed by atoms with Crippen molar-refractivity contribution < 1.29 is 9.13 Å². The molecule has 0 fully saturated rings. The van der Waals surface area contributed by atoms with Gasteiger partial charge in [0.1, 0.15) is 0 Å². The first kappa shape index (κ1) is 12.3. The molecule has 0 atom stereocenters. The van der Waals surface area contributed by atoms with Gasteiger partial charge in [-0.25, -0.2) is 14.4 Å². The molecule has 0 saturated carbocycles. The number of ether oxygens (including phenoxy) is 1. The summed E-state index contributed by atoms with van der Waals surface area (Å²) in [6.45, 7) is 2.78. The molecule has 1 N–H and O–H groups in total. The molecular weight excluding hydrogens is 233 g/mol. The molecule has 0 spiro atoms. The predicted octanol–water partition coefficient (Wildman–Crippen LogP) is 2.72. The van der Waals surface area contributed by atoms with Gasteiger partial charge in [0.25, 0.3) is 0 Å². The summed E-state index contributed by atoms with van der Waals surface area (Å²) in [7, 11) is 1.59. The first-order valence-corrected chi connectivity index (χ1v) is 5.65.